The van der Waals surface area contributed by atoms with E-state index in [0.29, 0.717) is 13.0 Å². The highest BCUT2D eigenvalue weighted by molar-refractivity contribution is 7.10. The molecule has 1 aliphatic rings. The Bertz CT molecular complexity index is 599. The van der Waals surface area contributed by atoms with Crippen LogP contribution in [0.1, 0.15) is 29.5 Å². The summed E-state index contributed by atoms with van der Waals surface area (Å²) in [6, 6.07) is 8.51. The average Bonchev–Trinajstić information content (AvgIpc) is 3.23. The zero-order chi connectivity index (χ0) is 15.4. The lowest BCUT2D eigenvalue weighted by Crippen LogP contribution is -2.38. The van der Waals surface area contributed by atoms with Gasteiger partial charge in [-0.3, -0.25) is 9.69 Å². The van der Waals surface area contributed by atoms with E-state index in [9.17, 15) is 4.79 Å². The van der Waals surface area contributed by atoms with Crippen molar-refractivity contribution >= 4 is 17.2 Å². The van der Waals surface area contributed by atoms with Gasteiger partial charge < -0.3 is 9.88 Å². The number of amides is 1. The first-order chi connectivity index (χ1) is 10.7. The molecule has 3 rings (SSSR count). The lowest BCUT2D eigenvalue weighted by Gasteiger charge is -2.28. The van der Waals surface area contributed by atoms with E-state index in [4.69, 9.17) is 0 Å². The molecule has 0 spiro atoms. The third-order valence-electron chi connectivity index (χ3n) is 4.31. The van der Waals surface area contributed by atoms with Crippen LogP contribution < -0.4 is 5.32 Å². The minimum atomic E-state index is 0.112. The molecule has 0 bridgehead atoms. The molecular weight excluding hydrogens is 294 g/mol. The first-order valence-corrected chi connectivity index (χ1v) is 8.76. The normalized spacial score (nSPS) is 16.8. The van der Waals surface area contributed by atoms with Crippen molar-refractivity contribution in [2.45, 2.75) is 25.3 Å². The highest BCUT2D eigenvalue weighted by Gasteiger charge is 2.25. The number of carbonyl (C=O) groups excluding carboxylic acids is 1. The molecule has 0 radical (unpaired) electrons. The predicted molar refractivity (Wildman–Crippen MR) is 90.0 cm³/mol. The van der Waals surface area contributed by atoms with Gasteiger partial charge in [-0.15, -0.1) is 11.3 Å². The Morgan fingerprint density at radius 2 is 2.14 bits per heavy atom. The van der Waals surface area contributed by atoms with E-state index in [1.807, 2.05) is 17.5 Å². The quantitative estimate of drug-likeness (QED) is 0.889. The molecule has 1 unspecified atom stereocenters. The van der Waals surface area contributed by atoms with Crippen LogP contribution in [-0.4, -0.2) is 35.0 Å². The molecule has 4 nitrogen and oxygen atoms in total. The summed E-state index contributed by atoms with van der Waals surface area (Å²) in [7, 11) is 2.08. The minimum absolute atomic E-state index is 0.112. The van der Waals surface area contributed by atoms with E-state index < -0.39 is 0 Å². The number of nitrogens with zero attached hydrogens (tertiary/aromatic N) is 2. The Labute approximate surface area is 135 Å². The van der Waals surface area contributed by atoms with Crippen LogP contribution in [0.4, 0.5) is 0 Å². The fourth-order valence-corrected chi connectivity index (χ4v) is 3.84. The monoisotopic (exact) mass is 317 g/mol. The van der Waals surface area contributed by atoms with Gasteiger partial charge in [-0.05, 0) is 49.5 Å². The van der Waals surface area contributed by atoms with Crippen LogP contribution >= 0.6 is 11.3 Å². The molecule has 0 aromatic carbocycles. The predicted octanol–water partition coefficient (Wildman–Crippen LogP) is 2.58. The van der Waals surface area contributed by atoms with Gasteiger partial charge in [-0.2, -0.15) is 0 Å². The highest BCUT2D eigenvalue weighted by atomic mass is 32.1. The molecule has 5 heteroatoms. The standard InChI is InChI=1S/C17H23N3OS/c1-19-8-4-7-15(19)16(20-9-2-3-10-20)13-18-17(21)12-14-6-5-11-22-14/h4-8,11,16H,2-3,9-10,12-13H2,1H3,(H,18,21). The van der Waals surface area contributed by atoms with Crippen molar-refractivity contribution in [1.82, 2.24) is 14.8 Å². The third kappa shape index (κ3) is 3.59. The summed E-state index contributed by atoms with van der Waals surface area (Å²) < 4.78 is 2.16. The molecule has 22 heavy (non-hydrogen) atoms. The Balaban J connectivity index is 1.63. The van der Waals surface area contributed by atoms with Gasteiger partial charge in [-0.25, -0.2) is 0 Å². The van der Waals surface area contributed by atoms with E-state index in [0.717, 1.165) is 18.0 Å². The largest absolute Gasteiger partial charge is 0.354 e. The SMILES string of the molecule is Cn1cccc1C(CNC(=O)Cc1cccs1)N1CCCC1. The highest BCUT2D eigenvalue weighted by Crippen LogP contribution is 2.24. The fraction of sp³-hybridized carbons (Fsp3) is 0.471. The van der Waals surface area contributed by atoms with E-state index in [1.165, 1.54) is 18.5 Å². The van der Waals surface area contributed by atoms with Crippen LogP contribution in [0.15, 0.2) is 35.8 Å². The van der Waals surface area contributed by atoms with Crippen molar-refractivity contribution in [3.8, 4) is 0 Å². The van der Waals surface area contributed by atoms with Crippen molar-refractivity contribution in [2.75, 3.05) is 19.6 Å². The second-order valence-corrected chi connectivity index (χ2v) is 6.90. The number of hydrogen-bond donors (Lipinski definition) is 1. The number of carbonyl (C=O) groups is 1. The molecule has 0 aliphatic carbocycles. The van der Waals surface area contributed by atoms with Crippen molar-refractivity contribution in [1.29, 1.82) is 0 Å². The van der Waals surface area contributed by atoms with E-state index in [2.05, 4.69) is 40.2 Å². The fourth-order valence-electron chi connectivity index (χ4n) is 3.14. The average molecular weight is 317 g/mol. The van der Waals surface area contributed by atoms with Crippen LogP contribution in [0.25, 0.3) is 0 Å². The number of aryl methyl sites for hydroxylation is 1. The molecule has 1 saturated heterocycles. The maximum atomic E-state index is 12.2. The van der Waals surface area contributed by atoms with Crippen LogP contribution in [0.5, 0.6) is 0 Å². The summed E-state index contributed by atoms with van der Waals surface area (Å²) in [5.74, 6) is 0.112. The molecule has 1 aliphatic heterocycles. The Hall–Kier alpha value is -1.59. The zero-order valence-electron chi connectivity index (χ0n) is 13.0. The second-order valence-electron chi connectivity index (χ2n) is 5.86. The Morgan fingerprint density at radius 3 is 2.77 bits per heavy atom. The molecule has 118 valence electrons. The zero-order valence-corrected chi connectivity index (χ0v) is 13.8. The Morgan fingerprint density at radius 1 is 1.32 bits per heavy atom. The molecule has 2 aromatic rings. The van der Waals surface area contributed by atoms with Crippen molar-refractivity contribution < 1.29 is 4.79 Å². The number of hydrogen-bond acceptors (Lipinski definition) is 3. The minimum Gasteiger partial charge on any atom is -0.354 e. The number of aromatic nitrogens is 1. The summed E-state index contributed by atoms with van der Waals surface area (Å²) in [5, 5.41) is 5.14. The summed E-state index contributed by atoms with van der Waals surface area (Å²) in [5.41, 5.74) is 1.28. The lowest BCUT2D eigenvalue weighted by molar-refractivity contribution is -0.120. The summed E-state index contributed by atoms with van der Waals surface area (Å²) >= 11 is 1.64. The van der Waals surface area contributed by atoms with Crippen LogP contribution in [0.3, 0.4) is 0 Å². The third-order valence-corrected chi connectivity index (χ3v) is 5.19. The van der Waals surface area contributed by atoms with Gasteiger partial charge in [0.25, 0.3) is 0 Å². The lowest BCUT2D eigenvalue weighted by atomic mass is 10.1. The van der Waals surface area contributed by atoms with Crippen LogP contribution in [0.2, 0.25) is 0 Å². The van der Waals surface area contributed by atoms with Gasteiger partial charge in [0.2, 0.25) is 5.91 Å². The smallest absolute Gasteiger partial charge is 0.225 e. The molecule has 2 aromatic heterocycles. The molecule has 3 heterocycles. The van der Waals surface area contributed by atoms with Gasteiger partial charge in [0.1, 0.15) is 0 Å². The van der Waals surface area contributed by atoms with Crippen LogP contribution in [0, 0.1) is 0 Å². The number of rotatable bonds is 6. The molecule has 1 atom stereocenters. The molecular formula is C17H23N3OS. The van der Waals surface area contributed by atoms with Crippen molar-refractivity contribution in [3.63, 3.8) is 0 Å². The van der Waals surface area contributed by atoms with Crippen molar-refractivity contribution in [3.05, 3.63) is 46.4 Å². The number of likely N-dealkylation sites (tertiary alicyclic amines) is 1. The maximum absolute atomic E-state index is 12.2. The van der Waals surface area contributed by atoms with Crippen LogP contribution in [-0.2, 0) is 18.3 Å². The first-order valence-electron chi connectivity index (χ1n) is 7.88. The van der Waals surface area contributed by atoms with Gasteiger partial charge >= 0.3 is 0 Å². The first kappa shape index (κ1) is 15.3. The molecule has 0 saturated carbocycles. The van der Waals surface area contributed by atoms with E-state index >= 15 is 0 Å². The van der Waals surface area contributed by atoms with E-state index in [-0.39, 0.29) is 11.9 Å². The van der Waals surface area contributed by atoms with Gasteiger partial charge in [0, 0.05) is 30.4 Å². The Kier molecular flexibility index (Phi) is 4.95. The molecule has 1 amide bonds. The topological polar surface area (TPSA) is 37.3 Å². The number of thiophene rings is 1. The van der Waals surface area contributed by atoms with Gasteiger partial charge in [0.05, 0.1) is 12.5 Å². The maximum Gasteiger partial charge on any atom is 0.225 e. The van der Waals surface area contributed by atoms with Gasteiger partial charge in [0.15, 0.2) is 0 Å². The summed E-state index contributed by atoms with van der Waals surface area (Å²) in [4.78, 5) is 15.8. The second kappa shape index (κ2) is 7.11. The van der Waals surface area contributed by atoms with E-state index in [1.54, 1.807) is 11.3 Å². The van der Waals surface area contributed by atoms with Crippen molar-refractivity contribution in [2.24, 2.45) is 7.05 Å². The summed E-state index contributed by atoms with van der Waals surface area (Å²) in [6.45, 7) is 2.93. The number of nitrogens with one attached hydrogen (secondary N) is 1. The molecule has 1 fully saturated rings. The molecule has 1 N–H and O–H groups in total. The van der Waals surface area contributed by atoms with Gasteiger partial charge in [-0.1, -0.05) is 6.07 Å². The summed E-state index contributed by atoms with van der Waals surface area (Å²) in [6.07, 6.45) is 5.07.